The van der Waals surface area contributed by atoms with E-state index in [0.717, 1.165) is 29.8 Å². The van der Waals surface area contributed by atoms with Crippen molar-refractivity contribution in [2.45, 2.75) is 30.0 Å². The van der Waals surface area contributed by atoms with E-state index in [1.165, 1.54) is 0 Å². The zero-order chi connectivity index (χ0) is 19.9. The lowest BCUT2D eigenvalue weighted by Gasteiger charge is -2.17. The smallest absolute Gasteiger partial charge is 0.406 e. The van der Waals surface area contributed by atoms with E-state index in [4.69, 9.17) is 0 Å². The quantitative estimate of drug-likeness (QED) is 0.673. The Kier molecular flexibility index (Phi) is 7.23. The van der Waals surface area contributed by atoms with Crippen molar-refractivity contribution in [2.24, 2.45) is 0 Å². The maximum atomic E-state index is 12.3. The molecule has 0 aliphatic rings. The summed E-state index contributed by atoms with van der Waals surface area (Å²) in [5.41, 5.74) is 0.999. The summed E-state index contributed by atoms with van der Waals surface area (Å²) in [6.07, 6.45) is -3.87. The second kappa shape index (κ2) is 9.20. The summed E-state index contributed by atoms with van der Waals surface area (Å²) in [6, 6.07) is 13.4. The van der Waals surface area contributed by atoms with E-state index in [9.17, 15) is 26.7 Å². The van der Waals surface area contributed by atoms with Gasteiger partial charge in [0.15, 0.2) is 0 Å². The van der Waals surface area contributed by atoms with Gasteiger partial charge in [0.1, 0.15) is 5.75 Å². The Bertz CT molecular complexity index is 809. The Morgan fingerprint density at radius 1 is 1.00 bits per heavy atom. The molecule has 0 spiro atoms. The van der Waals surface area contributed by atoms with Crippen LogP contribution in [0.2, 0.25) is 0 Å². The first-order chi connectivity index (χ1) is 12.7. The topological polar surface area (TPSA) is 75.6 Å². The third kappa shape index (κ3) is 6.85. The highest BCUT2D eigenvalue weighted by Crippen LogP contribution is 2.25. The van der Waals surface area contributed by atoms with Crippen LogP contribution in [-0.4, -0.2) is 33.0 Å². The molecule has 148 valence electrons. The van der Waals surface area contributed by atoms with Gasteiger partial charge in [-0.1, -0.05) is 30.3 Å². The predicted octanol–water partition coefficient (Wildman–Crippen LogP) is 3.42. The molecule has 2 aromatic carbocycles. The fraction of sp³-hybridized carbons (Fsp3) is 0.333. The first-order valence-corrected chi connectivity index (χ1v) is 9.71. The number of aliphatic hydroxyl groups is 1. The van der Waals surface area contributed by atoms with Gasteiger partial charge in [-0.2, -0.15) is 0 Å². The number of ether oxygens (including phenoxy) is 1. The van der Waals surface area contributed by atoms with Crippen LogP contribution in [0.15, 0.2) is 59.5 Å². The molecule has 0 fully saturated rings. The third-order valence-corrected chi connectivity index (χ3v) is 5.38. The second-order valence-corrected chi connectivity index (χ2v) is 7.59. The second-order valence-electron chi connectivity index (χ2n) is 5.83. The normalized spacial score (nSPS) is 13.3. The minimum Gasteiger partial charge on any atom is -0.406 e. The fourth-order valence-corrected chi connectivity index (χ4v) is 3.68. The van der Waals surface area contributed by atoms with E-state index in [0.29, 0.717) is 12.8 Å². The van der Waals surface area contributed by atoms with Crippen molar-refractivity contribution in [3.63, 3.8) is 0 Å². The zero-order valence-electron chi connectivity index (χ0n) is 14.3. The first-order valence-electron chi connectivity index (χ1n) is 8.22. The highest BCUT2D eigenvalue weighted by Gasteiger charge is 2.31. The largest absolute Gasteiger partial charge is 0.573 e. The number of rotatable bonds is 9. The lowest BCUT2D eigenvalue weighted by molar-refractivity contribution is -0.274. The summed E-state index contributed by atoms with van der Waals surface area (Å²) in [4.78, 5) is -0.157. The Hall–Kier alpha value is -2.10. The molecular weight excluding hydrogens is 383 g/mol. The Labute approximate surface area is 155 Å². The lowest BCUT2D eigenvalue weighted by atomic mass is 9.93. The summed E-state index contributed by atoms with van der Waals surface area (Å²) in [5.74, 6) is -0.505. The highest BCUT2D eigenvalue weighted by atomic mass is 32.2. The van der Waals surface area contributed by atoms with Crippen molar-refractivity contribution in [3.05, 3.63) is 60.2 Å². The molecule has 0 saturated carbocycles. The predicted molar refractivity (Wildman–Crippen MR) is 93.8 cm³/mol. The highest BCUT2D eigenvalue weighted by molar-refractivity contribution is 7.89. The summed E-state index contributed by atoms with van der Waals surface area (Å²) < 4.78 is 67.2. The Balaban J connectivity index is 1.97. The molecule has 0 saturated heterocycles. The number of hydrogen-bond acceptors (Lipinski definition) is 4. The van der Waals surface area contributed by atoms with Crippen LogP contribution in [0.1, 0.15) is 24.3 Å². The number of aliphatic hydroxyl groups excluding tert-OH is 1. The van der Waals surface area contributed by atoms with Crippen LogP contribution in [-0.2, 0) is 10.0 Å². The van der Waals surface area contributed by atoms with Gasteiger partial charge in [0.05, 0.1) is 4.90 Å². The molecule has 0 heterocycles. The summed E-state index contributed by atoms with van der Waals surface area (Å²) >= 11 is 0. The fourth-order valence-electron chi connectivity index (χ4n) is 2.63. The Morgan fingerprint density at radius 2 is 1.63 bits per heavy atom. The molecule has 2 aromatic rings. The summed E-state index contributed by atoms with van der Waals surface area (Å²) in [7, 11) is -3.86. The van der Waals surface area contributed by atoms with Crippen molar-refractivity contribution in [3.8, 4) is 5.75 Å². The average molecular weight is 403 g/mol. The van der Waals surface area contributed by atoms with Crippen molar-refractivity contribution in [1.82, 2.24) is 4.72 Å². The molecule has 2 N–H and O–H groups in total. The van der Waals surface area contributed by atoms with Gasteiger partial charge in [-0.15, -0.1) is 13.2 Å². The molecule has 2 rings (SSSR count). The molecule has 0 aliphatic carbocycles. The standard InChI is InChI=1S/C18H20F3NO4S/c19-18(20,21)26-16-6-8-17(9-7-16)27(24,25)22-12-10-15(11-13-23)14-4-2-1-3-5-14/h1-9,15,22-23H,10-13H2. The van der Waals surface area contributed by atoms with Gasteiger partial charge in [-0.05, 0) is 48.6 Å². The van der Waals surface area contributed by atoms with Gasteiger partial charge in [0.2, 0.25) is 10.0 Å². The molecule has 27 heavy (non-hydrogen) atoms. The van der Waals surface area contributed by atoms with Crippen LogP contribution in [0.4, 0.5) is 13.2 Å². The van der Waals surface area contributed by atoms with Gasteiger partial charge < -0.3 is 9.84 Å². The number of sulfonamides is 1. The van der Waals surface area contributed by atoms with Crippen LogP contribution in [0, 0.1) is 0 Å². The number of halogens is 3. The van der Waals surface area contributed by atoms with Gasteiger partial charge in [-0.25, -0.2) is 13.1 Å². The maximum absolute atomic E-state index is 12.3. The lowest BCUT2D eigenvalue weighted by Crippen LogP contribution is -2.26. The summed E-state index contributed by atoms with van der Waals surface area (Å²) in [5, 5.41) is 9.21. The molecule has 0 aliphatic heterocycles. The van der Waals surface area contributed by atoms with Crippen molar-refractivity contribution < 1.29 is 31.4 Å². The number of hydrogen-bond donors (Lipinski definition) is 2. The van der Waals surface area contributed by atoms with E-state index in [2.05, 4.69) is 9.46 Å². The third-order valence-electron chi connectivity index (χ3n) is 3.90. The zero-order valence-corrected chi connectivity index (χ0v) is 15.1. The minimum atomic E-state index is -4.84. The first kappa shape index (κ1) is 21.2. The molecule has 1 atom stereocenters. The van der Waals surface area contributed by atoms with Crippen LogP contribution >= 0.6 is 0 Å². The number of alkyl halides is 3. The van der Waals surface area contributed by atoms with Crippen molar-refractivity contribution >= 4 is 10.0 Å². The van der Waals surface area contributed by atoms with Gasteiger partial charge in [0.25, 0.3) is 0 Å². The Morgan fingerprint density at radius 3 is 2.19 bits per heavy atom. The van der Waals surface area contributed by atoms with Crippen LogP contribution in [0.3, 0.4) is 0 Å². The van der Waals surface area contributed by atoms with Gasteiger partial charge >= 0.3 is 6.36 Å². The van der Waals surface area contributed by atoms with E-state index in [-0.39, 0.29) is 24.0 Å². The average Bonchev–Trinajstić information content (AvgIpc) is 2.61. The van der Waals surface area contributed by atoms with Gasteiger partial charge in [0, 0.05) is 13.2 Å². The van der Waals surface area contributed by atoms with Crippen LogP contribution in [0.25, 0.3) is 0 Å². The van der Waals surface area contributed by atoms with Crippen molar-refractivity contribution in [1.29, 1.82) is 0 Å². The van der Waals surface area contributed by atoms with E-state index in [1.54, 1.807) is 0 Å². The molecule has 0 radical (unpaired) electrons. The monoisotopic (exact) mass is 403 g/mol. The molecule has 5 nitrogen and oxygen atoms in total. The maximum Gasteiger partial charge on any atom is 0.573 e. The van der Waals surface area contributed by atoms with Gasteiger partial charge in [-0.3, -0.25) is 0 Å². The van der Waals surface area contributed by atoms with Crippen molar-refractivity contribution in [2.75, 3.05) is 13.2 Å². The van der Waals surface area contributed by atoms with E-state index >= 15 is 0 Å². The van der Waals surface area contributed by atoms with Crippen LogP contribution in [0.5, 0.6) is 5.75 Å². The molecule has 0 amide bonds. The van der Waals surface area contributed by atoms with E-state index < -0.39 is 22.1 Å². The molecule has 0 bridgehead atoms. The molecule has 9 heteroatoms. The van der Waals surface area contributed by atoms with Crippen LogP contribution < -0.4 is 9.46 Å². The molecule has 0 aromatic heterocycles. The number of benzene rings is 2. The summed E-state index contributed by atoms with van der Waals surface area (Å²) in [6.45, 7) is 0.107. The SMILES string of the molecule is O=S(=O)(NCCC(CCO)c1ccccc1)c1ccc(OC(F)(F)F)cc1. The molecule has 1 unspecified atom stereocenters. The molecular formula is C18H20F3NO4S. The van der Waals surface area contributed by atoms with E-state index in [1.807, 2.05) is 30.3 Å². The minimum absolute atomic E-state index is 0.0125. The number of nitrogens with one attached hydrogen (secondary N) is 1.